The van der Waals surface area contributed by atoms with E-state index in [1.54, 1.807) is 14.2 Å². The van der Waals surface area contributed by atoms with Crippen molar-refractivity contribution in [3.05, 3.63) is 0 Å². The number of nitrogens with one attached hydrogen (secondary N) is 1. The number of hydrogen-bond donors (Lipinski definition) is 1. The van der Waals surface area contributed by atoms with E-state index in [4.69, 9.17) is 9.47 Å². The summed E-state index contributed by atoms with van der Waals surface area (Å²) in [5.74, 6) is 0.778. The predicted octanol–water partition coefficient (Wildman–Crippen LogP) is 1.50. The molecular formula is C15H30N2O2. The molecule has 0 bridgehead atoms. The molecule has 0 radical (unpaired) electrons. The highest BCUT2D eigenvalue weighted by Gasteiger charge is 2.35. The van der Waals surface area contributed by atoms with E-state index in [9.17, 15) is 0 Å². The predicted molar refractivity (Wildman–Crippen MR) is 77.5 cm³/mol. The Morgan fingerprint density at radius 1 is 1.00 bits per heavy atom. The minimum Gasteiger partial charge on any atom is -0.377 e. The fourth-order valence-electron chi connectivity index (χ4n) is 3.73. The zero-order valence-corrected chi connectivity index (χ0v) is 12.7. The number of ether oxygens (including phenoxy) is 2. The Morgan fingerprint density at radius 2 is 1.63 bits per heavy atom. The van der Waals surface area contributed by atoms with Gasteiger partial charge in [0, 0.05) is 39.9 Å². The molecule has 0 aromatic heterocycles. The molecule has 1 saturated heterocycles. The molecule has 1 saturated carbocycles. The minimum absolute atomic E-state index is 0.240. The van der Waals surface area contributed by atoms with Crippen molar-refractivity contribution in [2.24, 2.45) is 5.92 Å². The van der Waals surface area contributed by atoms with Crippen LogP contribution in [0.5, 0.6) is 0 Å². The highest BCUT2D eigenvalue weighted by atomic mass is 16.5. The van der Waals surface area contributed by atoms with Gasteiger partial charge in [0.2, 0.25) is 0 Å². The summed E-state index contributed by atoms with van der Waals surface area (Å²) in [7, 11) is 5.70. The van der Waals surface area contributed by atoms with Crippen molar-refractivity contribution in [2.75, 3.05) is 40.9 Å². The largest absolute Gasteiger partial charge is 0.377 e. The van der Waals surface area contributed by atoms with Crippen molar-refractivity contribution in [3.63, 3.8) is 0 Å². The third-order valence-electron chi connectivity index (χ3n) is 4.92. The monoisotopic (exact) mass is 270 g/mol. The van der Waals surface area contributed by atoms with E-state index >= 15 is 0 Å². The fraction of sp³-hybridized carbons (Fsp3) is 1.00. The first-order chi connectivity index (χ1) is 9.28. The van der Waals surface area contributed by atoms with Crippen molar-refractivity contribution in [3.8, 4) is 0 Å². The third kappa shape index (κ3) is 3.91. The van der Waals surface area contributed by atoms with Crippen LogP contribution in [0.15, 0.2) is 0 Å². The first-order valence-electron chi connectivity index (χ1n) is 7.73. The average Bonchev–Trinajstić information content (AvgIpc) is 2.69. The number of nitrogens with zero attached hydrogens (tertiary/aromatic N) is 1. The molecule has 1 aliphatic carbocycles. The molecule has 2 aliphatic rings. The number of hydrogen-bond acceptors (Lipinski definition) is 4. The second-order valence-electron chi connectivity index (χ2n) is 6.06. The molecule has 0 amide bonds. The van der Waals surface area contributed by atoms with Gasteiger partial charge in [-0.25, -0.2) is 0 Å². The van der Waals surface area contributed by atoms with E-state index in [-0.39, 0.29) is 12.2 Å². The molecule has 1 aliphatic heterocycles. The average molecular weight is 270 g/mol. The normalized spacial score (nSPS) is 37.4. The van der Waals surface area contributed by atoms with Crippen LogP contribution in [0, 0.1) is 5.92 Å². The Morgan fingerprint density at radius 3 is 2.21 bits per heavy atom. The molecule has 4 unspecified atom stereocenters. The third-order valence-corrected chi connectivity index (χ3v) is 4.92. The van der Waals surface area contributed by atoms with Crippen LogP contribution in [0.4, 0.5) is 0 Å². The van der Waals surface area contributed by atoms with Crippen molar-refractivity contribution >= 4 is 0 Å². The van der Waals surface area contributed by atoms with E-state index in [1.807, 2.05) is 0 Å². The molecule has 0 aromatic carbocycles. The standard InChI is InChI=1S/C15H30N2O2/c1-16-13-8-6-4-5-7-12(13)9-17-10-14(18-2)15(11-17)19-3/h12-16H,4-11H2,1-3H3. The molecule has 4 nitrogen and oxygen atoms in total. The van der Waals surface area contributed by atoms with Gasteiger partial charge in [0.05, 0.1) is 12.2 Å². The summed E-state index contributed by atoms with van der Waals surface area (Å²) in [4.78, 5) is 2.53. The Balaban J connectivity index is 1.88. The molecule has 1 N–H and O–H groups in total. The van der Waals surface area contributed by atoms with Gasteiger partial charge in [0.1, 0.15) is 0 Å². The van der Waals surface area contributed by atoms with Crippen LogP contribution < -0.4 is 5.32 Å². The quantitative estimate of drug-likeness (QED) is 0.768. The smallest absolute Gasteiger partial charge is 0.0971 e. The maximum atomic E-state index is 5.53. The summed E-state index contributed by atoms with van der Waals surface area (Å²) in [5.41, 5.74) is 0. The van der Waals surface area contributed by atoms with Gasteiger partial charge < -0.3 is 14.8 Å². The van der Waals surface area contributed by atoms with E-state index < -0.39 is 0 Å². The van der Waals surface area contributed by atoms with Gasteiger partial charge in [0.25, 0.3) is 0 Å². The molecule has 19 heavy (non-hydrogen) atoms. The molecule has 1 heterocycles. The van der Waals surface area contributed by atoms with Crippen molar-refractivity contribution in [1.82, 2.24) is 10.2 Å². The van der Waals surface area contributed by atoms with Gasteiger partial charge in [-0.3, -0.25) is 4.90 Å². The van der Waals surface area contributed by atoms with Gasteiger partial charge in [0.15, 0.2) is 0 Å². The highest BCUT2D eigenvalue weighted by molar-refractivity contribution is 4.89. The fourth-order valence-corrected chi connectivity index (χ4v) is 3.73. The lowest BCUT2D eigenvalue weighted by atomic mass is 9.94. The van der Waals surface area contributed by atoms with Crippen LogP contribution in [0.2, 0.25) is 0 Å². The van der Waals surface area contributed by atoms with Crippen LogP contribution in [-0.2, 0) is 9.47 Å². The molecule has 0 spiro atoms. The van der Waals surface area contributed by atoms with Crippen LogP contribution in [-0.4, -0.2) is 64.1 Å². The Labute approximate surface area is 117 Å². The highest BCUT2D eigenvalue weighted by Crippen LogP contribution is 2.26. The van der Waals surface area contributed by atoms with Crippen LogP contribution in [0.25, 0.3) is 0 Å². The Kier molecular flexibility index (Phi) is 6.07. The molecule has 4 atom stereocenters. The second-order valence-corrected chi connectivity index (χ2v) is 6.06. The molecule has 112 valence electrons. The SMILES string of the molecule is CNC1CCCCCC1CN1CC(OC)C(OC)C1. The van der Waals surface area contributed by atoms with E-state index in [0.29, 0.717) is 6.04 Å². The Bertz CT molecular complexity index is 251. The summed E-state index contributed by atoms with van der Waals surface area (Å²) in [5, 5.41) is 3.53. The lowest BCUT2D eigenvalue weighted by molar-refractivity contribution is -0.00461. The van der Waals surface area contributed by atoms with Gasteiger partial charge in [-0.05, 0) is 25.8 Å². The lowest BCUT2D eigenvalue weighted by Crippen LogP contribution is -2.40. The second kappa shape index (κ2) is 7.58. The summed E-state index contributed by atoms with van der Waals surface area (Å²) < 4.78 is 11.1. The molecule has 2 fully saturated rings. The number of methoxy groups -OCH3 is 2. The molecule has 4 heteroatoms. The zero-order valence-electron chi connectivity index (χ0n) is 12.7. The molecular weight excluding hydrogens is 240 g/mol. The maximum absolute atomic E-state index is 5.53. The van der Waals surface area contributed by atoms with Gasteiger partial charge in [-0.1, -0.05) is 19.3 Å². The van der Waals surface area contributed by atoms with Gasteiger partial charge in [-0.15, -0.1) is 0 Å². The van der Waals surface area contributed by atoms with Crippen LogP contribution in [0.3, 0.4) is 0 Å². The lowest BCUT2D eigenvalue weighted by Gasteiger charge is -2.29. The molecule has 0 aromatic rings. The van der Waals surface area contributed by atoms with Crippen molar-refractivity contribution in [1.29, 1.82) is 0 Å². The van der Waals surface area contributed by atoms with Gasteiger partial charge in [-0.2, -0.15) is 0 Å². The summed E-state index contributed by atoms with van der Waals surface area (Å²) in [6.45, 7) is 3.22. The topological polar surface area (TPSA) is 33.7 Å². The first kappa shape index (κ1) is 15.2. The van der Waals surface area contributed by atoms with Crippen molar-refractivity contribution in [2.45, 2.75) is 50.4 Å². The van der Waals surface area contributed by atoms with E-state index in [1.165, 1.54) is 38.6 Å². The first-order valence-corrected chi connectivity index (χ1v) is 7.73. The Hall–Kier alpha value is -0.160. The van der Waals surface area contributed by atoms with E-state index in [0.717, 1.165) is 19.0 Å². The number of likely N-dealkylation sites (tertiary alicyclic amines) is 1. The zero-order chi connectivity index (χ0) is 13.7. The number of rotatable bonds is 5. The summed E-state index contributed by atoms with van der Waals surface area (Å²) >= 11 is 0. The van der Waals surface area contributed by atoms with Crippen LogP contribution in [0.1, 0.15) is 32.1 Å². The molecule has 2 rings (SSSR count). The van der Waals surface area contributed by atoms with Crippen LogP contribution >= 0.6 is 0 Å². The van der Waals surface area contributed by atoms with E-state index in [2.05, 4.69) is 17.3 Å². The summed E-state index contributed by atoms with van der Waals surface area (Å²) in [6, 6.07) is 0.685. The van der Waals surface area contributed by atoms with Crippen molar-refractivity contribution < 1.29 is 9.47 Å². The summed E-state index contributed by atoms with van der Waals surface area (Å²) in [6.07, 6.45) is 7.33. The maximum Gasteiger partial charge on any atom is 0.0971 e. The minimum atomic E-state index is 0.240. The van der Waals surface area contributed by atoms with Gasteiger partial charge >= 0.3 is 0 Å².